The minimum Gasteiger partial charge on any atom is -0.480 e. The molecule has 0 bridgehead atoms. The number of rotatable bonds is 6. The third-order valence-electron chi connectivity index (χ3n) is 2.46. The van der Waals surface area contributed by atoms with Crippen molar-refractivity contribution in [3.63, 3.8) is 0 Å². The van der Waals surface area contributed by atoms with Gasteiger partial charge >= 0.3 is 13.6 Å². The molecule has 7 heteroatoms. The van der Waals surface area contributed by atoms with Crippen molar-refractivity contribution in [1.82, 2.24) is 5.32 Å². The van der Waals surface area contributed by atoms with Crippen LogP contribution in [0.4, 0.5) is 0 Å². The standard InChI is InChI=1S/C11H16NO5P/c1-8(11(13)14)12-6-9-4-2-3-5-10(9)7-18(15,16)17/h2-5,8,12H,6-7H2,1H3,(H,13,14)(H2,15,16,17)/t8-/m1/s1. The summed E-state index contributed by atoms with van der Waals surface area (Å²) in [5.41, 5.74) is 1.21. The van der Waals surface area contributed by atoms with E-state index in [-0.39, 0.29) is 12.7 Å². The molecule has 1 aromatic rings. The van der Waals surface area contributed by atoms with Crippen LogP contribution in [-0.4, -0.2) is 26.9 Å². The second-order valence-electron chi connectivity index (χ2n) is 4.03. The van der Waals surface area contributed by atoms with E-state index < -0.39 is 19.6 Å². The van der Waals surface area contributed by atoms with E-state index >= 15 is 0 Å². The number of hydrogen-bond donors (Lipinski definition) is 4. The maximum Gasteiger partial charge on any atom is 0.329 e. The van der Waals surface area contributed by atoms with Crippen molar-refractivity contribution in [3.8, 4) is 0 Å². The molecular formula is C11H16NO5P. The maximum atomic E-state index is 11.0. The molecule has 18 heavy (non-hydrogen) atoms. The van der Waals surface area contributed by atoms with Crippen molar-refractivity contribution in [2.45, 2.75) is 25.7 Å². The van der Waals surface area contributed by atoms with Crippen LogP contribution in [-0.2, 0) is 22.1 Å². The first kappa shape index (κ1) is 14.9. The Bertz CT molecular complexity index is 470. The fourth-order valence-electron chi connectivity index (χ4n) is 1.46. The fraction of sp³-hybridized carbons (Fsp3) is 0.364. The molecule has 0 aliphatic heterocycles. The normalized spacial score (nSPS) is 13.3. The van der Waals surface area contributed by atoms with Crippen LogP contribution in [0.1, 0.15) is 18.1 Å². The quantitative estimate of drug-likeness (QED) is 0.574. The molecule has 0 aromatic heterocycles. The zero-order valence-electron chi connectivity index (χ0n) is 9.91. The molecule has 0 amide bonds. The second kappa shape index (κ2) is 6.11. The smallest absolute Gasteiger partial charge is 0.329 e. The average Bonchev–Trinajstić information content (AvgIpc) is 2.25. The van der Waals surface area contributed by atoms with Crippen molar-refractivity contribution >= 4 is 13.6 Å². The highest BCUT2D eigenvalue weighted by molar-refractivity contribution is 7.50. The molecule has 6 nitrogen and oxygen atoms in total. The first-order valence-corrected chi connectivity index (χ1v) is 7.17. The summed E-state index contributed by atoms with van der Waals surface area (Å²) in [5, 5.41) is 11.5. The highest BCUT2D eigenvalue weighted by atomic mass is 31.2. The Morgan fingerprint density at radius 3 is 2.39 bits per heavy atom. The van der Waals surface area contributed by atoms with Gasteiger partial charge in [0.25, 0.3) is 0 Å². The topological polar surface area (TPSA) is 107 Å². The van der Waals surface area contributed by atoms with Gasteiger partial charge < -0.3 is 20.2 Å². The average molecular weight is 273 g/mol. The van der Waals surface area contributed by atoms with E-state index in [1.54, 1.807) is 24.3 Å². The van der Waals surface area contributed by atoms with Crippen LogP contribution < -0.4 is 5.32 Å². The lowest BCUT2D eigenvalue weighted by Gasteiger charge is -2.13. The van der Waals surface area contributed by atoms with Gasteiger partial charge in [0.15, 0.2) is 0 Å². The SMILES string of the molecule is C[C@@H](NCc1ccccc1CP(=O)(O)O)C(=O)O. The Hall–Kier alpha value is -1.20. The Balaban J connectivity index is 2.77. The lowest BCUT2D eigenvalue weighted by molar-refractivity contribution is -0.139. The van der Waals surface area contributed by atoms with Crippen LogP contribution in [0.5, 0.6) is 0 Å². The van der Waals surface area contributed by atoms with Gasteiger partial charge in [-0.25, -0.2) is 0 Å². The molecule has 1 atom stereocenters. The van der Waals surface area contributed by atoms with E-state index in [1.807, 2.05) is 0 Å². The molecule has 0 spiro atoms. The summed E-state index contributed by atoms with van der Waals surface area (Å²) in [5.74, 6) is -0.970. The second-order valence-corrected chi connectivity index (χ2v) is 5.68. The number of nitrogens with one attached hydrogen (secondary N) is 1. The molecule has 0 aliphatic carbocycles. The predicted molar refractivity (Wildman–Crippen MR) is 66.1 cm³/mol. The number of aliphatic carboxylic acids is 1. The van der Waals surface area contributed by atoms with Gasteiger partial charge in [-0.3, -0.25) is 9.36 Å². The molecule has 0 aliphatic rings. The van der Waals surface area contributed by atoms with Crippen molar-refractivity contribution in [2.24, 2.45) is 0 Å². The third kappa shape index (κ3) is 4.98. The summed E-state index contributed by atoms with van der Waals surface area (Å²) < 4.78 is 11.0. The van der Waals surface area contributed by atoms with Crippen molar-refractivity contribution in [2.75, 3.05) is 0 Å². The number of carboxylic acid groups (broad SMARTS) is 1. The van der Waals surface area contributed by atoms with Crippen molar-refractivity contribution in [1.29, 1.82) is 0 Å². The van der Waals surface area contributed by atoms with Gasteiger partial charge in [0.2, 0.25) is 0 Å². The fourth-order valence-corrected chi connectivity index (χ4v) is 2.21. The molecule has 0 radical (unpaired) electrons. The molecule has 4 N–H and O–H groups in total. The lowest BCUT2D eigenvalue weighted by Crippen LogP contribution is -2.33. The van der Waals surface area contributed by atoms with E-state index in [0.29, 0.717) is 11.1 Å². The summed E-state index contributed by atoms with van der Waals surface area (Å²) in [6.07, 6.45) is -0.341. The number of hydrogen-bond acceptors (Lipinski definition) is 3. The van der Waals surface area contributed by atoms with Crippen LogP contribution in [0.3, 0.4) is 0 Å². The predicted octanol–water partition coefficient (Wildman–Crippen LogP) is 0.927. The van der Waals surface area contributed by atoms with Gasteiger partial charge in [0, 0.05) is 6.54 Å². The van der Waals surface area contributed by atoms with Crippen molar-refractivity contribution < 1.29 is 24.3 Å². The third-order valence-corrected chi connectivity index (χ3v) is 3.22. The Kier molecular flexibility index (Phi) is 5.04. The van der Waals surface area contributed by atoms with Gasteiger partial charge in [-0.15, -0.1) is 0 Å². The van der Waals surface area contributed by atoms with Crippen molar-refractivity contribution in [3.05, 3.63) is 35.4 Å². The first-order chi connectivity index (χ1) is 8.29. The van der Waals surface area contributed by atoms with E-state index in [4.69, 9.17) is 14.9 Å². The molecular weight excluding hydrogens is 257 g/mol. The number of benzene rings is 1. The minimum atomic E-state index is -4.13. The molecule has 1 rings (SSSR count). The summed E-state index contributed by atoms with van der Waals surface area (Å²) in [4.78, 5) is 28.6. The Morgan fingerprint density at radius 2 is 1.89 bits per heavy atom. The van der Waals surface area contributed by atoms with Gasteiger partial charge in [-0.05, 0) is 18.1 Å². The number of carbonyl (C=O) groups is 1. The van der Waals surface area contributed by atoms with E-state index in [1.165, 1.54) is 6.92 Å². The van der Waals surface area contributed by atoms with E-state index in [9.17, 15) is 9.36 Å². The first-order valence-electron chi connectivity index (χ1n) is 5.37. The van der Waals surface area contributed by atoms with Gasteiger partial charge in [-0.1, -0.05) is 24.3 Å². The van der Waals surface area contributed by atoms with Gasteiger partial charge in [0.05, 0.1) is 6.16 Å². The minimum absolute atomic E-state index is 0.254. The summed E-state index contributed by atoms with van der Waals surface area (Å²) in [6, 6.07) is 6.06. The highest BCUT2D eigenvalue weighted by Crippen LogP contribution is 2.39. The summed E-state index contributed by atoms with van der Waals surface area (Å²) in [6.45, 7) is 1.76. The van der Waals surface area contributed by atoms with Gasteiger partial charge in [0.1, 0.15) is 6.04 Å². The monoisotopic (exact) mass is 273 g/mol. The Morgan fingerprint density at radius 1 is 1.33 bits per heavy atom. The Labute approximate surface area is 105 Å². The molecule has 0 fully saturated rings. The number of carboxylic acids is 1. The van der Waals surface area contributed by atoms with E-state index in [2.05, 4.69) is 5.32 Å². The lowest BCUT2D eigenvalue weighted by atomic mass is 10.1. The van der Waals surface area contributed by atoms with Crippen LogP contribution in [0.2, 0.25) is 0 Å². The summed E-state index contributed by atoms with van der Waals surface area (Å²) in [7, 11) is -4.13. The van der Waals surface area contributed by atoms with Crippen LogP contribution in [0.15, 0.2) is 24.3 Å². The van der Waals surface area contributed by atoms with Gasteiger partial charge in [-0.2, -0.15) is 0 Å². The molecule has 100 valence electrons. The van der Waals surface area contributed by atoms with Crippen LogP contribution >= 0.6 is 7.60 Å². The summed E-state index contributed by atoms with van der Waals surface area (Å²) >= 11 is 0. The van der Waals surface area contributed by atoms with Crippen LogP contribution in [0.25, 0.3) is 0 Å². The zero-order valence-corrected chi connectivity index (χ0v) is 10.8. The maximum absolute atomic E-state index is 11.0. The molecule has 0 saturated heterocycles. The molecule has 0 heterocycles. The van der Waals surface area contributed by atoms with Crippen LogP contribution in [0, 0.1) is 0 Å². The highest BCUT2D eigenvalue weighted by Gasteiger charge is 2.17. The molecule has 1 aromatic carbocycles. The largest absolute Gasteiger partial charge is 0.480 e. The molecule has 0 unspecified atom stereocenters. The van der Waals surface area contributed by atoms with E-state index in [0.717, 1.165) is 0 Å². The zero-order chi connectivity index (χ0) is 13.8. The molecule has 0 saturated carbocycles.